The van der Waals surface area contributed by atoms with E-state index in [-0.39, 0.29) is 5.92 Å². The van der Waals surface area contributed by atoms with Crippen molar-refractivity contribution in [2.75, 3.05) is 5.32 Å². The lowest BCUT2D eigenvalue weighted by atomic mass is 9.97. The second-order valence-corrected chi connectivity index (χ2v) is 5.59. The molecule has 0 fully saturated rings. The molecule has 1 aromatic heterocycles. The molecular weight excluding hydrogens is 268 g/mol. The van der Waals surface area contributed by atoms with Gasteiger partial charge in [0.2, 0.25) is 0 Å². The van der Waals surface area contributed by atoms with E-state index in [9.17, 15) is 4.79 Å². The first-order chi connectivity index (χ1) is 9.95. The first-order valence-corrected chi connectivity index (χ1v) is 7.01. The van der Waals surface area contributed by atoms with Crippen molar-refractivity contribution in [2.45, 2.75) is 33.1 Å². The van der Waals surface area contributed by atoms with E-state index in [4.69, 9.17) is 9.63 Å². The van der Waals surface area contributed by atoms with Crippen molar-refractivity contribution >= 4 is 11.8 Å². The predicted molar refractivity (Wildman–Crippen MR) is 80.7 cm³/mol. The summed E-state index contributed by atoms with van der Waals surface area (Å²) in [6.07, 6.45) is -0.165. The Morgan fingerprint density at radius 1 is 1.29 bits per heavy atom. The smallest absolute Gasteiger partial charge is 0.409 e. The minimum Gasteiger partial charge on any atom is -0.465 e. The van der Waals surface area contributed by atoms with Crippen LogP contribution in [0.1, 0.15) is 43.7 Å². The van der Waals surface area contributed by atoms with Gasteiger partial charge < -0.3 is 9.63 Å². The lowest BCUT2D eigenvalue weighted by Gasteiger charge is -2.09. The first-order valence-electron chi connectivity index (χ1n) is 7.01. The van der Waals surface area contributed by atoms with Crippen molar-refractivity contribution < 1.29 is 14.4 Å². The van der Waals surface area contributed by atoms with E-state index in [1.807, 2.05) is 25.1 Å². The van der Waals surface area contributed by atoms with Crippen molar-refractivity contribution in [3.8, 4) is 0 Å². The molecule has 0 bridgehead atoms. The minimum atomic E-state index is -1.07. The van der Waals surface area contributed by atoms with Gasteiger partial charge in [0.25, 0.3) is 0 Å². The second-order valence-electron chi connectivity index (χ2n) is 5.59. The van der Waals surface area contributed by atoms with Gasteiger partial charge in [0, 0.05) is 17.7 Å². The standard InChI is InChI=1S/C16H20N2O3/c1-10(2)8-14-9-15(21-18-14)11(3)12-4-6-13(7-5-12)17-16(19)20/h4-7,9-11,17H,8H2,1-3H3,(H,19,20). The number of nitrogens with one attached hydrogen (secondary N) is 1. The van der Waals surface area contributed by atoms with E-state index < -0.39 is 6.09 Å². The summed E-state index contributed by atoms with van der Waals surface area (Å²) in [5, 5.41) is 15.1. The van der Waals surface area contributed by atoms with Gasteiger partial charge in [0.15, 0.2) is 0 Å². The molecule has 0 saturated carbocycles. The highest BCUT2D eigenvalue weighted by molar-refractivity contribution is 5.82. The molecule has 5 heteroatoms. The zero-order valence-corrected chi connectivity index (χ0v) is 12.5. The summed E-state index contributed by atoms with van der Waals surface area (Å²) in [5.74, 6) is 1.45. The van der Waals surface area contributed by atoms with Crippen LogP contribution in [0.4, 0.5) is 10.5 Å². The molecule has 0 spiro atoms. The van der Waals surface area contributed by atoms with E-state index in [0.29, 0.717) is 11.6 Å². The van der Waals surface area contributed by atoms with Gasteiger partial charge in [-0.2, -0.15) is 0 Å². The number of carboxylic acid groups (broad SMARTS) is 1. The normalized spacial score (nSPS) is 12.4. The van der Waals surface area contributed by atoms with Crippen LogP contribution < -0.4 is 5.32 Å². The topological polar surface area (TPSA) is 75.4 Å². The van der Waals surface area contributed by atoms with E-state index in [1.165, 1.54) is 0 Å². The number of carbonyl (C=O) groups is 1. The Kier molecular flexibility index (Phi) is 4.62. The van der Waals surface area contributed by atoms with Crippen molar-refractivity contribution in [2.24, 2.45) is 5.92 Å². The molecule has 2 rings (SSSR count). The Hall–Kier alpha value is -2.30. The summed E-state index contributed by atoms with van der Waals surface area (Å²) in [5.41, 5.74) is 2.57. The van der Waals surface area contributed by atoms with Gasteiger partial charge in [0.05, 0.1) is 5.69 Å². The summed E-state index contributed by atoms with van der Waals surface area (Å²) in [6, 6.07) is 9.26. The number of rotatable bonds is 5. The van der Waals surface area contributed by atoms with Gasteiger partial charge in [-0.15, -0.1) is 0 Å². The van der Waals surface area contributed by atoms with E-state index in [1.54, 1.807) is 12.1 Å². The Labute approximate surface area is 124 Å². The molecule has 0 radical (unpaired) electrons. The average molecular weight is 288 g/mol. The molecule has 0 aliphatic carbocycles. The van der Waals surface area contributed by atoms with Crippen molar-refractivity contribution in [1.82, 2.24) is 5.16 Å². The average Bonchev–Trinajstić information content (AvgIpc) is 2.85. The summed E-state index contributed by atoms with van der Waals surface area (Å²) >= 11 is 0. The summed E-state index contributed by atoms with van der Waals surface area (Å²) in [7, 11) is 0. The van der Waals surface area contributed by atoms with E-state index in [0.717, 1.165) is 23.4 Å². The Balaban J connectivity index is 2.10. The molecule has 0 saturated heterocycles. The van der Waals surface area contributed by atoms with Crippen LogP contribution in [0, 0.1) is 5.92 Å². The maximum Gasteiger partial charge on any atom is 0.409 e. The largest absolute Gasteiger partial charge is 0.465 e. The molecule has 21 heavy (non-hydrogen) atoms. The fourth-order valence-corrected chi connectivity index (χ4v) is 2.19. The highest BCUT2D eigenvalue weighted by Crippen LogP contribution is 2.26. The lowest BCUT2D eigenvalue weighted by molar-refractivity contribution is 0.210. The number of nitrogens with zero attached hydrogens (tertiary/aromatic N) is 1. The van der Waals surface area contributed by atoms with Gasteiger partial charge in [-0.3, -0.25) is 5.32 Å². The third kappa shape index (κ3) is 4.08. The number of aromatic nitrogens is 1. The van der Waals surface area contributed by atoms with Crippen LogP contribution in [0.25, 0.3) is 0 Å². The third-order valence-electron chi connectivity index (χ3n) is 3.28. The van der Waals surface area contributed by atoms with Crippen LogP contribution in [0.15, 0.2) is 34.9 Å². The van der Waals surface area contributed by atoms with Gasteiger partial charge >= 0.3 is 6.09 Å². The molecule has 1 aromatic carbocycles. The lowest BCUT2D eigenvalue weighted by Crippen LogP contribution is -2.07. The van der Waals surface area contributed by atoms with Crippen molar-refractivity contribution in [3.05, 3.63) is 47.3 Å². The molecule has 2 aromatic rings. The fraction of sp³-hybridized carbons (Fsp3) is 0.375. The summed E-state index contributed by atoms with van der Waals surface area (Å²) < 4.78 is 5.42. The molecule has 0 aliphatic rings. The predicted octanol–water partition coefficient (Wildman–Crippen LogP) is 4.11. The molecule has 2 N–H and O–H groups in total. The number of hydrogen-bond acceptors (Lipinski definition) is 3. The molecule has 1 amide bonds. The maximum atomic E-state index is 10.6. The van der Waals surface area contributed by atoms with Crippen LogP contribution in [-0.2, 0) is 6.42 Å². The quantitative estimate of drug-likeness (QED) is 0.868. The van der Waals surface area contributed by atoms with Gasteiger partial charge in [-0.25, -0.2) is 4.79 Å². The molecular formula is C16H20N2O3. The van der Waals surface area contributed by atoms with E-state index in [2.05, 4.69) is 24.3 Å². The zero-order chi connectivity index (χ0) is 15.4. The Morgan fingerprint density at radius 3 is 2.52 bits per heavy atom. The van der Waals surface area contributed by atoms with Gasteiger partial charge in [0.1, 0.15) is 5.76 Å². The fourth-order valence-electron chi connectivity index (χ4n) is 2.19. The monoisotopic (exact) mass is 288 g/mol. The maximum absolute atomic E-state index is 10.6. The number of hydrogen-bond donors (Lipinski definition) is 2. The molecule has 1 unspecified atom stereocenters. The van der Waals surface area contributed by atoms with Crippen LogP contribution >= 0.6 is 0 Å². The molecule has 112 valence electrons. The molecule has 1 atom stereocenters. The van der Waals surface area contributed by atoms with Gasteiger partial charge in [-0.05, 0) is 30.0 Å². The third-order valence-corrected chi connectivity index (χ3v) is 3.28. The zero-order valence-electron chi connectivity index (χ0n) is 12.5. The highest BCUT2D eigenvalue weighted by atomic mass is 16.5. The summed E-state index contributed by atoms with van der Waals surface area (Å²) in [4.78, 5) is 10.6. The Morgan fingerprint density at radius 2 is 1.95 bits per heavy atom. The summed E-state index contributed by atoms with van der Waals surface area (Å²) in [6.45, 7) is 6.33. The number of benzene rings is 1. The van der Waals surface area contributed by atoms with Crippen molar-refractivity contribution in [1.29, 1.82) is 0 Å². The molecule has 0 aliphatic heterocycles. The van der Waals surface area contributed by atoms with Gasteiger partial charge in [-0.1, -0.05) is 38.1 Å². The van der Waals surface area contributed by atoms with Crippen LogP contribution in [0.2, 0.25) is 0 Å². The molecule has 1 heterocycles. The Bertz CT molecular complexity index is 602. The number of amides is 1. The first kappa shape index (κ1) is 15.1. The second kappa shape index (κ2) is 6.43. The van der Waals surface area contributed by atoms with E-state index >= 15 is 0 Å². The van der Waals surface area contributed by atoms with Crippen LogP contribution in [0.5, 0.6) is 0 Å². The molecule has 5 nitrogen and oxygen atoms in total. The van der Waals surface area contributed by atoms with Crippen molar-refractivity contribution in [3.63, 3.8) is 0 Å². The highest BCUT2D eigenvalue weighted by Gasteiger charge is 2.15. The number of anilines is 1. The van der Waals surface area contributed by atoms with Crippen LogP contribution in [-0.4, -0.2) is 16.4 Å². The minimum absolute atomic E-state index is 0.0808. The van der Waals surface area contributed by atoms with Crippen LogP contribution in [0.3, 0.4) is 0 Å². The SMILES string of the molecule is CC(C)Cc1cc(C(C)c2ccc(NC(=O)O)cc2)on1.